The smallest absolute Gasteiger partial charge is 0.416 e. The number of halogens is 5. The first-order valence-corrected chi connectivity index (χ1v) is 15.6. The highest BCUT2D eigenvalue weighted by Crippen LogP contribution is 2.45. The monoisotopic (exact) mass is 682 g/mol. The molecule has 4 aromatic rings. The molecule has 2 N–H and O–H groups in total. The molecule has 0 radical (unpaired) electrons. The average Bonchev–Trinajstić information content (AvgIpc) is 3.44. The van der Waals surface area contributed by atoms with Gasteiger partial charge in [0, 0.05) is 47.2 Å². The van der Waals surface area contributed by atoms with Crippen LogP contribution in [0.4, 0.5) is 13.2 Å². The van der Waals surface area contributed by atoms with E-state index in [0.717, 1.165) is 11.6 Å². The number of nitrogens with one attached hydrogen (secondary N) is 1. The fourth-order valence-electron chi connectivity index (χ4n) is 5.22. The summed E-state index contributed by atoms with van der Waals surface area (Å²) in [5, 5.41) is 12.4. The Bertz CT molecular complexity index is 1750. The predicted molar refractivity (Wildman–Crippen MR) is 177 cm³/mol. The molecule has 0 fully saturated rings. The van der Waals surface area contributed by atoms with Gasteiger partial charge in [0.1, 0.15) is 5.75 Å². The summed E-state index contributed by atoms with van der Waals surface area (Å²) in [7, 11) is 0. The van der Waals surface area contributed by atoms with Gasteiger partial charge in [-0.15, -0.1) is 0 Å². The molecule has 0 unspecified atom stereocenters. The SMILES string of the molecule is O=C(NCc1ccccc1C(F)(F)F)[C@]1(C/C=C/c2ccccc2)N=C(c2ccc(OCCCO)cc2)O[C@@H]1c1ccc(Cl)cc1Cl. The largest absolute Gasteiger partial charge is 0.494 e. The quantitative estimate of drug-likeness (QED) is 0.147. The molecule has 6 nitrogen and oxygen atoms in total. The second-order valence-corrected chi connectivity index (χ2v) is 11.7. The summed E-state index contributed by atoms with van der Waals surface area (Å²) in [6.45, 7) is -0.0641. The van der Waals surface area contributed by atoms with Crippen LogP contribution in [0.5, 0.6) is 5.75 Å². The van der Waals surface area contributed by atoms with Gasteiger partial charge in [-0.05, 0) is 53.6 Å². The van der Waals surface area contributed by atoms with Gasteiger partial charge < -0.3 is 19.9 Å². The van der Waals surface area contributed by atoms with Crippen LogP contribution in [-0.2, 0) is 22.3 Å². The fraction of sp³-hybridized carbons (Fsp3) is 0.222. The molecule has 5 rings (SSSR count). The molecule has 0 saturated carbocycles. The third kappa shape index (κ3) is 8.16. The summed E-state index contributed by atoms with van der Waals surface area (Å²) in [4.78, 5) is 19.2. The van der Waals surface area contributed by atoms with Gasteiger partial charge in [-0.1, -0.05) is 90.0 Å². The van der Waals surface area contributed by atoms with Crippen molar-refractivity contribution in [1.29, 1.82) is 0 Å². The van der Waals surface area contributed by atoms with Crippen molar-refractivity contribution in [1.82, 2.24) is 5.32 Å². The predicted octanol–water partition coefficient (Wildman–Crippen LogP) is 8.45. The van der Waals surface area contributed by atoms with Crippen LogP contribution in [0, 0.1) is 0 Å². The van der Waals surface area contributed by atoms with Crippen molar-refractivity contribution in [2.75, 3.05) is 13.2 Å². The molecule has 244 valence electrons. The number of amides is 1. The van der Waals surface area contributed by atoms with Gasteiger partial charge in [-0.25, -0.2) is 4.99 Å². The lowest BCUT2D eigenvalue weighted by atomic mass is 9.84. The zero-order chi connectivity index (χ0) is 33.4. The number of aliphatic imine (C=N–C) groups is 1. The van der Waals surface area contributed by atoms with Gasteiger partial charge in [0.05, 0.1) is 12.2 Å². The van der Waals surface area contributed by atoms with E-state index >= 15 is 0 Å². The normalized spacial score (nSPS) is 17.7. The Labute approximate surface area is 280 Å². The molecular weight excluding hydrogens is 652 g/mol. The Kier molecular flexibility index (Phi) is 10.9. The highest BCUT2D eigenvalue weighted by atomic mass is 35.5. The molecule has 1 heterocycles. The van der Waals surface area contributed by atoms with Crippen LogP contribution in [0.2, 0.25) is 10.0 Å². The highest BCUT2D eigenvalue weighted by molar-refractivity contribution is 6.35. The second kappa shape index (κ2) is 15.1. The summed E-state index contributed by atoms with van der Waals surface area (Å²) in [5.41, 5.74) is -0.769. The highest BCUT2D eigenvalue weighted by Gasteiger charge is 2.53. The van der Waals surface area contributed by atoms with Crippen LogP contribution in [-0.4, -0.2) is 35.7 Å². The first kappa shape index (κ1) is 34.0. The number of benzene rings is 4. The number of carbonyl (C=O) groups excluding carboxylic acids is 1. The minimum atomic E-state index is -4.60. The third-order valence-corrected chi connectivity index (χ3v) is 8.14. The molecule has 2 atom stereocenters. The summed E-state index contributed by atoms with van der Waals surface area (Å²) >= 11 is 12.9. The van der Waals surface area contributed by atoms with Gasteiger partial charge in [-0.2, -0.15) is 13.2 Å². The van der Waals surface area contributed by atoms with Crippen molar-refractivity contribution in [2.45, 2.75) is 37.2 Å². The first-order chi connectivity index (χ1) is 22.6. The summed E-state index contributed by atoms with van der Waals surface area (Å²) in [6, 6.07) is 26.2. The van der Waals surface area contributed by atoms with Crippen molar-refractivity contribution in [3.63, 3.8) is 0 Å². The number of rotatable bonds is 12. The first-order valence-electron chi connectivity index (χ1n) is 14.8. The van der Waals surface area contributed by atoms with Gasteiger partial charge >= 0.3 is 6.18 Å². The number of carbonyl (C=O) groups is 1. The zero-order valence-electron chi connectivity index (χ0n) is 25.0. The van der Waals surface area contributed by atoms with Crippen LogP contribution >= 0.6 is 23.2 Å². The van der Waals surface area contributed by atoms with Crippen molar-refractivity contribution in [2.24, 2.45) is 4.99 Å². The molecule has 0 aliphatic carbocycles. The Hall–Kier alpha value is -4.31. The van der Waals surface area contributed by atoms with E-state index in [1.165, 1.54) is 24.3 Å². The number of aliphatic hydroxyl groups excluding tert-OH is 1. The molecule has 1 aliphatic rings. The Balaban J connectivity index is 1.56. The number of aliphatic hydroxyl groups is 1. The number of nitrogens with zero attached hydrogens (tertiary/aromatic N) is 1. The van der Waals surface area contributed by atoms with Gasteiger partial charge in [0.15, 0.2) is 11.6 Å². The lowest BCUT2D eigenvalue weighted by Gasteiger charge is -2.30. The van der Waals surface area contributed by atoms with Crippen LogP contribution < -0.4 is 10.1 Å². The summed E-state index contributed by atoms with van der Waals surface area (Å²) in [6.07, 6.45) is -1.57. The summed E-state index contributed by atoms with van der Waals surface area (Å²) < 4.78 is 53.4. The molecule has 0 spiro atoms. The van der Waals surface area contributed by atoms with Crippen molar-refractivity contribution < 1.29 is 32.5 Å². The second-order valence-electron chi connectivity index (χ2n) is 10.8. The molecular formula is C36H31Cl2F3N2O4. The lowest BCUT2D eigenvalue weighted by Crippen LogP contribution is -2.48. The van der Waals surface area contributed by atoms with E-state index in [1.54, 1.807) is 42.5 Å². The molecule has 1 aliphatic heterocycles. The topological polar surface area (TPSA) is 80.2 Å². The van der Waals surface area contributed by atoms with Crippen LogP contribution in [0.3, 0.4) is 0 Å². The number of hydrogen-bond donors (Lipinski definition) is 2. The van der Waals surface area contributed by atoms with Crippen molar-refractivity contribution >= 4 is 41.1 Å². The van der Waals surface area contributed by atoms with Gasteiger partial charge in [-0.3, -0.25) is 4.79 Å². The molecule has 4 aromatic carbocycles. The molecule has 1 amide bonds. The minimum absolute atomic E-state index is 0.00202. The number of ether oxygens (including phenoxy) is 2. The Morgan fingerprint density at radius 2 is 1.72 bits per heavy atom. The Morgan fingerprint density at radius 1 is 1.00 bits per heavy atom. The maximum atomic E-state index is 14.4. The summed E-state index contributed by atoms with van der Waals surface area (Å²) in [5.74, 6) is 0.0558. The number of alkyl halides is 3. The molecule has 0 bridgehead atoms. The van der Waals surface area contributed by atoms with Crippen LogP contribution in [0.25, 0.3) is 6.08 Å². The van der Waals surface area contributed by atoms with E-state index in [-0.39, 0.29) is 29.5 Å². The molecule has 0 aromatic heterocycles. The van der Waals surface area contributed by atoms with Crippen molar-refractivity contribution in [3.8, 4) is 5.75 Å². The standard InChI is InChI=1S/C36H31Cl2F3N2O4/c37-27-15-18-29(31(38)22-27)32-35(19-6-10-24-8-2-1-3-9-24,34(45)42-23-26-11-4-5-12-30(26)36(39,40)41)43-33(47-32)25-13-16-28(17-14-25)46-21-7-20-44/h1-6,8-18,22,32,44H,7,19-21,23H2,(H,42,45)/b10-6+/t32-,35-/m1/s1. The van der Waals surface area contributed by atoms with Crippen LogP contribution in [0.15, 0.2) is 108 Å². The van der Waals surface area contributed by atoms with E-state index < -0.39 is 35.8 Å². The molecule has 11 heteroatoms. The van der Waals surface area contributed by atoms with E-state index in [2.05, 4.69) is 5.32 Å². The number of hydrogen-bond acceptors (Lipinski definition) is 5. The zero-order valence-corrected chi connectivity index (χ0v) is 26.5. The van der Waals surface area contributed by atoms with E-state index in [0.29, 0.717) is 34.9 Å². The van der Waals surface area contributed by atoms with Crippen molar-refractivity contribution in [3.05, 3.63) is 141 Å². The fourth-order valence-corrected chi connectivity index (χ4v) is 5.73. The van der Waals surface area contributed by atoms with Gasteiger partial charge in [0.2, 0.25) is 5.90 Å². The lowest BCUT2D eigenvalue weighted by molar-refractivity contribution is -0.138. The van der Waals surface area contributed by atoms with E-state index in [4.69, 9.17) is 42.8 Å². The van der Waals surface area contributed by atoms with Crippen LogP contribution in [0.1, 0.15) is 46.8 Å². The van der Waals surface area contributed by atoms with E-state index in [1.807, 2.05) is 36.4 Å². The average molecular weight is 684 g/mol. The Morgan fingerprint density at radius 3 is 2.43 bits per heavy atom. The van der Waals surface area contributed by atoms with E-state index in [9.17, 15) is 18.0 Å². The van der Waals surface area contributed by atoms with Gasteiger partial charge in [0.25, 0.3) is 5.91 Å². The maximum absolute atomic E-state index is 14.4. The maximum Gasteiger partial charge on any atom is 0.416 e. The molecule has 0 saturated heterocycles. The molecule has 47 heavy (non-hydrogen) atoms. The third-order valence-electron chi connectivity index (χ3n) is 7.58. The minimum Gasteiger partial charge on any atom is -0.494 e.